The molecule has 5 nitrogen and oxygen atoms in total. The molecule has 0 N–H and O–H groups in total. The van der Waals surface area contributed by atoms with Gasteiger partial charge in [-0.05, 0) is 82.4 Å². The van der Waals surface area contributed by atoms with Crippen molar-refractivity contribution >= 4 is 123 Å². The summed E-state index contributed by atoms with van der Waals surface area (Å²) in [5.74, 6) is 0. The van der Waals surface area contributed by atoms with E-state index in [0.717, 1.165) is 79.8 Å². The molecule has 10 heteroatoms. The van der Waals surface area contributed by atoms with E-state index in [-0.39, 0.29) is 0 Å². The summed E-state index contributed by atoms with van der Waals surface area (Å²) in [7, 11) is -21.2. The molecular weight excluding hydrogens is 941 g/mol. The van der Waals surface area contributed by atoms with E-state index < -0.39 is 42.8 Å². The molecule has 0 bridgehead atoms. The van der Waals surface area contributed by atoms with Crippen LogP contribution < -0.4 is 25.9 Å². The summed E-state index contributed by atoms with van der Waals surface area (Å²) in [6.45, 7) is 23.6. The Bertz CT molecular complexity index is 3120. The van der Waals surface area contributed by atoms with Crippen molar-refractivity contribution in [3.63, 3.8) is 0 Å². The van der Waals surface area contributed by atoms with Gasteiger partial charge in [0.1, 0.15) is 0 Å². The molecule has 0 radical (unpaired) electrons. The minimum absolute atomic E-state index is 0.847. The first-order valence-electron chi connectivity index (χ1n) is 23.4. The van der Waals surface area contributed by atoms with Gasteiger partial charge in [0.25, 0.3) is 0 Å². The van der Waals surface area contributed by atoms with Crippen LogP contribution >= 0.6 is 0 Å². The lowest BCUT2D eigenvalue weighted by Crippen LogP contribution is -2.79. The minimum Gasteiger partial charge on any atom is -0.402 e. The van der Waals surface area contributed by atoms with Crippen LogP contribution in [-0.2, 0) is 20.6 Å². The normalized spacial score (nSPS) is 24.0. The second kappa shape index (κ2) is 18.1. The third kappa shape index (κ3) is 7.36. The zero-order chi connectivity index (χ0) is 48.0. The Balaban J connectivity index is 1.36. The maximum absolute atomic E-state index is 8.35. The van der Waals surface area contributed by atoms with E-state index in [9.17, 15) is 0 Å². The van der Waals surface area contributed by atoms with Gasteiger partial charge in [0, 0.05) is 25.9 Å². The fourth-order valence-corrected chi connectivity index (χ4v) is 35.6. The Hall–Kier alpha value is -6.92. The number of hydrogen-bond donors (Lipinski definition) is 0. The van der Waals surface area contributed by atoms with E-state index in [1.165, 1.54) is 0 Å². The summed E-state index contributed by atoms with van der Waals surface area (Å²) < 4.78 is 41.7. The lowest BCUT2D eigenvalue weighted by molar-refractivity contribution is 0.267. The molecule has 1 aliphatic heterocycles. The van der Waals surface area contributed by atoms with Gasteiger partial charge in [-0.1, -0.05) is 212 Å². The lowest BCUT2D eigenvalue weighted by atomic mass is 10.1. The highest BCUT2D eigenvalue weighted by Gasteiger charge is 2.64. The molecule has 1 heterocycles. The van der Waals surface area contributed by atoms with Gasteiger partial charge in [0.05, 0.1) is 0 Å². The molecule has 70 heavy (non-hydrogen) atoms. The molecule has 1 saturated heterocycles. The molecule has 10 aromatic rings. The van der Waals surface area contributed by atoms with Crippen molar-refractivity contribution in [2.75, 3.05) is 0 Å². The molecule has 10 aromatic carbocycles. The topological polar surface area (TPSA) is 46.2 Å². The van der Waals surface area contributed by atoms with Crippen molar-refractivity contribution in [3.05, 3.63) is 274 Å². The summed E-state index contributed by atoms with van der Waals surface area (Å²) in [6.07, 6.45) is 0. The highest BCUT2D eigenvalue weighted by Crippen LogP contribution is 2.38. The van der Waals surface area contributed by atoms with Crippen molar-refractivity contribution in [2.24, 2.45) is 0 Å². The van der Waals surface area contributed by atoms with Crippen LogP contribution in [0.3, 0.4) is 0 Å². The van der Waals surface area contributed by atoms with Gasteiger partial charge in [0.2, 0.25) is 0 Å². The van der Waals surface area contributed by atoms with Gasteiger partial charge >= 0.3 is 42.8 Å². The molecule has 11 rings (SSSR count). The van der Waals surface area contributed by atoms with Crippen molar-refractivity contribution in [2.45, 2.75) is 0 Å². The molecular formula is C60H50O5Si5. The summed E-state index contributed by atoms with van der Waals surface area (Å²) in [5, 5.41) is 14.1. The Morgan fingerprint density at radius 3 is 0.543 bits per heavy atom. The average molecular weight is 991 g/mol. The first kappa shape index (κ1) is 45.5. The highest BCUT2D eigenvalue weighted by molar-refractivity contribution is 7.12. The van der Waals surface area contributed by atoms with Crippen LogP contribution in [0.2, 0.25) is 0 Å². The summed E-state index contributed by atoms with van der Waals surface area (Å²) in [4.78, 5) is 0. The second-order valence-corrected chi connectivity index (χ2v) is 33.0. The van der Waals surface area contributed by atoms with Crippen molar-refractivity contribution in [1.29, 1.82) is 0 Å². The van der Waals surface area contributed by atoms with E-state index >= 15 is 0 Å². The molecule has 0 aliphatic carbocycles. The molecule has 0 aromatic heterocycles. The summed E-state index contributed by atoms with van der Waals surface area (Å²) >= 11 is 0. The average Bonchev–Trinajstić information content (AvgIpc) is 3.43. The van der Waals surface area contributed by atoms with Gasteiger partial charge in [0.15, 0.2) is 0 Å². The zero-order valence-corrected chi connectivity index (χ0v) is 43.7. The van der Waals surface area contributed by atoms with Gasteiger partial charge in [-0.2, -0.15) is 0 Å². The molecule has 0 atom stereocenters. The number of benzene rings is 10. The fraction of sp³-hybridized carbons (Fsp3) is 0. The second-order valence-electron chi connectivity index (χ2n) is 17.5. The van der Waals surface area contributed by atoms with Crippen LogP contribution in [0.5, 0.6) is 0 Å². The smallest absolute Gasteiger partial charge is 0.382 e. The van der Waals surface area contributed by atoms with Crippen molar-refractivity contribution in [3.8, 4) is 0 Å². The Morgan fingerprint density at radius 2 is 0.371 bits per heavy atom. The standard InChI is InChI=1S/C60H50O5Si5/c1-6-66(56-41-21-31-46-26-11-16-36-51(46)56)61-67(7-2,57-42-22-32-47-27-12-17-37-52(47)57)63-69(9-4,59-44-24-34-49-29-14-19-39-54(49)59)65-70(10-5,60-45-25-35-50-30-15-20-40-55(50)60)64-68(8-3,62-66)58-43-23-33-48-28-13-18-38-53(48)58/h6-45H,1-5H2. The fourth-order valence-electron chi connectivity index (χ4n) is 10.4. The molecule has 0 unspecified atom stereocenters. The first-order chi connectivity index (χ1) is 34.3. The molecule has 1 aliphatic rings. The molecule has 0 spiro atoms. The predicted molar refractivity (Wildman–Crippen MR) is 303 cm³/mol. The zero-order valence-electron chi connectivity index (χ0n) is 38.7. The maximum atomic E-state index is 8.35. The maximum Gasteiger partial charge on any atom is 0.382 e. The Morgan fingerprint density at radius 1 is 0.214 bits per heavy atom. The SMILES string of the molecule is C=C[Si]1(c2cccc3ccccc23)O[Si](C=C)(c2cccc3ccccc23)O[Si](C=C)(c2cccc3ccccc23)O[Si](C=C)(c2cccc3ccccc23)O[Si](C=C)(c2cccc3ccccc23)O1. The van der Waals surface area contributed by atoms with Gasteiger partial charge < -0.3 is 20.6 Å². The van der Waals surface area contributed by atoms with E-state index in [2.05, 4.69) is 182 Å². The predicted octanol–water partition coefficient (Wildman–Crippen LogP) is 11.2. The van der Waals surface area contributed by atoms with E-state index in [4.69, 9.17) is 53.5 Å². The minimum atomic E-state index is -4.23. The molecule has 0 amide bonds. The van der Waals surface area contributed by atoms with Crippen molar-refractivity contribution in [1.82, 2.24) is 0 Å². The van der Waals surface area contributed by atoms with Crippen LogP contribution in [0.1, 0.15) is 0 Å². The van der Waals surface area contributed by atoms with Crippen LogP contribution in [0.25, 0.3) is 53.9 Å². The molecule has 0 saturated carbocycles. The monoisotopic (exact) mass is 990 g/mol. The van der Waals surface area contributed by atoms with Crippen LogP contribution in [0.15, 0.2) is 274 Å². The van der Waals surface area contributed by atoms with Crippen molar-refractivity contribution < 1.29 is 20.6 Å². The van der Waals surface area contributed by atoms with Crippen LogP contribution in [0, 0.1) is 0 Å². The third-order valence-corrected chi connectivity index (χ3v) is 34.4. The van der Waals surface area contributed by atoms with E-state index in [0.29, 0.717) is 0 Å². The van der Waals surface area contributed by atoms with E-state index in [1.54, 1.807) is 0 Å². The number of hydrogen-bond acceptors (Lipinski definition) is 5. The number of rotatable bonds is 10. The van der Waals surface area contributed by atoms with Gasteiger partial charge in [-0.25, -0.2) is 0 Å². The van der Waals surface area contributed by atoms with Crippen LogP contribution in [-0.4, -0.2) is 42.8 Å². The third-order valence-electron chi connectivity index (χ3n) is 13.7. The summed E-state index contributed by atoms with van der Waals surface area (Å²) in [5.41, 5.74) is 9.52. The quantitative estimate of drug-likeness (QED) is 0.128. The molecule has 1 fully saturated rings. The van der Waals surface area contributed by atoms with E-state index in [1.807, 2.05) is 58.8 Å². The van der Waals surface area contributed by atoms with Crippen LogP contribution in [0.4, 0.5) is 0 Å². The van der Waals surface area contributed by atoms with Gasteiger partial charge in [-0.3, -0.25) is 0 Å². The lowest BCUT2D eigenvalue weighted by Gasteiger charge is -2.51. The number of fused-ring (bicyclic) bond motifs is 5. The highest BCUT2D eigenvalue weighted by atomic mass is 28.5. The molecule has 340 valence electrons. The summed E-state index contributed by atoms with van der Waals surface area (Å²) in [6, 6.07) is 73.2. The first-order valence-corrected chi connectivity index (χ1v) is 32.9. The Labute approximate surface area is 414 Å². The Kier molecular flexibility index (Phi) is 11.8. The van der Waals surface area contributed by atoms with Gasteiger partial charge in [-0.15, -0.1) is 32.9 Å². The largest absolute Gasteiger partial charge is 0.402 e.